The van der Waals surface area contributed by atoms with Crippen molar-refractivity contribution in [2.75, 3.05) is 40.2 Å². The van der Waals surface area contributed by atoms with Crippen molar-refractivity contribution < 1.29 is 9.63 Å². The Bertz CT molecular complexity index is 805. The van der Waals surface area contributed by atoms with Crippen LogP contribution in [0.15, 0.2) is 29.4 Å². The molecule has 0 aliphatic heterocycles. The fourth-order valence-corrected chi connectivity index (χ4v) is 2.75. The number of nitrogens with two attached hydrogens (primary N) is 2. The average Bonchev–Trinajstić information content (AvgIpc) is 2.77. The van der Waals surface area contributed by atoms with Gasteiger partial charge in [-0.25, -0.2) is 15.8 Å². The van der Waals surface area contributed by atoms with E-state index in [1.54, 1.807) is 30.7 Å². The molecule has 0 bridgehead atoms. The largest absolute Gasteiger partial charge is 0.399 e. The van der Waals surface area contributed by atoms with E-state index in [0.29, 0.717) is 43.4 Å². The second-order valence-electron chi connectivity index (χ2n) is 8.10. The Kier molecular flexibility index (Phi) is 13.4. The second kappa shape index (κ2) is 15.5. The van der Waals surface area contributed by atoms with Crippen molar-refractivity contribution in [3.05, 3.63) is 29.9 Å². The van der Waals surface area contributed by atoms with Crippen LogP contribution in [-0.4, -0.2) is 71.7 Å². The summed E-state index contributed by atoms with van der Waals surface area (Å²) in [5.74, 6) is 11.9. The molecule has 6 N–H and O–H groups in total. The Morgan fingerprint density at radius 1 is 1.36 bits per heavy atom. The van der Waals surface area contributed by atoms with Crippen molar-refractivity contribution in [2.24, 2.45) is 11.6 Å². The summed E-state index contributed by atoms with van der Waals surface area (Å²) < 4.78 is 0. The molecule has 0 spiro atoms. The van der Waals surface area contributed by atoms with Crippen LogP contribution >= 0.6 is 11.8 Å². The summed E-state index contributed by atoms with van der Waals surface area (Å²) in [6.07, 6.45) is 9.38. The van der Waals surface area contributed by atoms with Gasteiger partial charge in [-0.1, -0.05) is 23.6 Å². The zero-order chi connectivity index (χ0) is 24.7. The predicted octanol–water partition coefficient (Wildman–Crippen LogP) is 1.02. The highest BCUT2D eigenvalue weighted by molar-refractivity contribution is 7.98. The normalized spacial score (nSPS) is 11.8. The van der Waals surface area contributed by atoms with Crippen molar-refractivity contribution in [2.45, 2.75) is 50.2 Å². The molecule has 0 aromatic carbocycles. The summed E-state index contributed by atoms with van der Waals surface area (Å²) in [6.45, 7) is 5.34. The van der Waals surface area contributed by atoms with Crippen LogP contribution < -0.4 is 22.2 Å². The average molecular weight is 479 g/mol. The summed E-state index contributed by atoms with van der Waals surface area (Å²) in [5, 5.41) is 9.78. The maximum atomic E-state index is 12.0. The first kappa shape index (κ1) is 28.7. The minimum atomic E-state index is -0.0861. The van der Waals surface area contributed by atoms with E-state index in [2.05, 4.69) is 46.3 Å². The van der Waals surface area contributed by atoms with E-state index in [0.717, 1.165) is 12.0 Å². The van der Waals surface area contributed by atoms with Crippen LogP contribution in [0, 0.1) is 11.8 Å². The van der Waals surface area contributed by atoms with Crippen LogP contribution in [0.5, 0.6) is 0 Å². The molecule has 10 nitrogen and oxygen atoms in total. The predicted molar refractivity (Wildman–Crippen MR) is 132 cm³/mol. The number of hydrogen-bond acceptors (Lipinski definition) is 10. The standard InChI is InChI=1S/C22H38N8O2S/c1-22(2,25-3)11-12-32-29(4)17-30(24)16-19(23)15-26-20(31)10-8-6-7-9-18-13-27-21(33-5)28-14-18/h13-14,16,25H,6,8,10-12,15,17,23-24H2,1-5H3,(H,26,31)/b19-16-. The zero-order valence-electron chi connectivity index (χ0n) is 20.4. The molecule has 0 atom stereocenters. The number of thioether (sulfide) groups is 1. The summed E-state index contributed by atoms with van der Waals surface area (Å²) in [4.78, 5) is 26.0. The minimum Gasteiger partial charge on any atom is -0.399 e. The SMILES string of the molecule is CNC(C)(C)CCON(C)CN(N)/C=C(\N)CNC(=O)CCCC#Cc1cnc(SC)nc1. The molecule has 1 aromatic rings. The molecule has 1 aromatic heterocycles. The highest BCUT2D eigenvalue weighted by Crippen LogP contribution is 2.08. The third kappa shape index (κ3) is 13.7. The molecule has 0 unspecified atom stereocenters. The highest BCUT2D eigenvalue weighted by Gasteiger charge is 2.14. The Morgan fingerprint density at radius 3 is 2.70 bits per heavy atom. The smallest absolute Gasteiger partial charge is 0.220 e. The fourth-order valence-electron chi connectivity index (χ4n) is 2.43. The highest BCUT2D eigenvalue weighted by atomic mass is 32.2. The summed E-state index contributed by atoms with van der Waals surface area (Å²) >= 11 is 1.48. The van der Waals surface area contributed by atoms with Crippen molar-refractivity contribution in [3.8, 4) is 11.8 Å². The van der Waals surface area contributed by atoms with Gasteiger partial charge in [0.1, 0.15) is 6.67 Å². The molecule has 0 saturated carbocycles. The lowest BCUT2D eigenvalue weighted by atomic mass is 10.0. The molecule has 11 heteroatoms. The monoisotopic (exact) mass is 478 g/mol. The summed E-state index contributed by atoms with van der Waals surface area (Å²) in [7, 11) is 3.72. The molecule has 0 aliphatic rings. The van der Waals surface area contributed by atoms with Crippen LogP contribution in [0.3, 0.4) is 0 Å². The third-order valence-electron chi connectivity index (χ3n) is 4.65. The number of aromatic nitrogens is 2. The van der Waals surface area contributed by atoms with Crippen molar-refractivity contribution in [3.63, 3.8) is 0 Å². The van der Waals surface area contributed by atoms with Gasteiger partial charge in [-0.3, -0.25) is 14.6 Å². The lowest BCUT2D eigenvalue weighted by Crippen LogP contribution is -2.40. The van der Waals surface area contributed by atoms with Gasteiger partial charge >= 0.3 is 0 Å². The van der Waals surface area contributed by atoms with Gasteiger partial charge in [-0.2, -0.15) is 5.06 Å². The number of hydroxylamine groups is 2. The van der Waals surface area contributed by atoms with Crippen LogP contribution in [0.1, 0.15) is 45.1 Å². The number of nitrogens with one attached hydrogen (secondary N) is 2. The second-order valence-corrected chi connectivity index (χ2v) is 8.87. The van der Waals surface area contributed by atoms with Crippen molar-refractivity contribution >= 4 is 17.7 Å². The van der Waals surface area contributed by atoms with E-state index in [1.165, 1.54) is 16.8 Å². The maximum absolute atomic E-state index is 12.0. The van der Waals surface area contributed by atoms with E-state index in [4.69, 9.17) is 16.4 Å². The summed E-state index contributed by atoms with van der Waals surface area (Å²) in [6, 6.07) is 0. The Morgan fingerprint density at radius 2 is 2.06 bits per heavy atom. The Labute approximate surface area is 201 Å². The number of carbonyl (C=O) groups excluding carboxylic acids is 1. The van der Waals surface area contributed by atoms with Gasteiger partial charge in [-0.15, -0.1) is 0 Å². The van der Waals surface area contributed by atoms with Crippen LogP contribution in [0.2, 0.25) is 0 Å². The topological polar surface area (TPSA) is 135 Å². The van der Waals surface area contributed by atoms with E-state index < -0.39 is 0 Å². The number of carbonyl (C=O) groups is 1. The number of amides is 1. The number of rotatable bonds is 14. The molecule has 0 saturated heterocycles. The van der Waals surface area contributed by atoms with Gasteiger partial charge in [-0.05, 0) is 40.0 Å². The van der Waals surface area contributed by atoms with Gasteiger partial charge in [0.05, 0.1) is 18.7 Å². The number of hydrazine groups is 1. The van der Waals surface area contributed by atoms with Gasteiger partial charge < -0.3 is 16.4 Å². The molecule has 184 valence electrons. The van der Waals surface area contributed by atoms with E-state index >= 15 is 0 Å². The first-order valence-electron chi connectivity index (χ1n) is 10.8. The number of hydrogen-bond donors (Lipinski definition) is 4. The van der Waals surface area contributed by atoms with E-state index in [9.17, 15) is 4.79 Å². The van der Waals surface area contributed by atoms with Crippen LogP contribution in [0.4, 0.5) is 0 Å². The lowest BCUT2D eigenvalue weighted by Gasteiger charge is -2.27. The van der Waals surface area contributed by atoms with Gasteiger partial charge in [0, 0.05) is 49.7 Å². The molecule has 0 aliphatic carbocycles. The molecule has 33 heavy (non-hydrogen) atoms. The summed E-state index contributed by atoms with van der Waals surface area (Å²) in [5.41, 5.74) is 7.18. The Balaban J connectivity index is 2.23. The third-order valence-corrected chi connectivity index (χ3v) is 5.22. The fraction of sp³-hybridized carbons (Fsp3) is 0.591. The minimum absolute atomic E-state index is 0.00727. The quantitative estimate of drug-likeness (QED) is 0.0584. The number of unbranched alkanes of at least 4 members (excludes halogenated alkanes) is 1. The van der Waals surface area contributed by atoms with Crippen LogP contribution in [0.25, 0.3) is 0 Å². The first-order valence-corrected chi connectivity index (χ1v) is 12.0. The van der Waals surface area contributed by atoms with E-state index in [-0.39, 0.29) is 18.0 Å². The first-order chi connectivity index (χ1) is 15.6. The molecule has 1 amide bonds. The van der Waals surface area contributed by atoms with Gasteiger partial charge in [0.25, 0.3) is 0 Å². The van der Waals surface area contributed by atoms with Crippen molar-refractivity contribution in [1.29, 1.82) is 0 Å². The van der Waals surface area contributed by atoms with Crippen molar-refractivity contribution in [1.82, 2.24) is 30.7 Å². The lowest BCUT2D eigenvalue weighted by molar-refractivity contribution is -0.163. The molecule has 0 fully saturated rings. The maximum Gasteiger partial charge on any atom is 0.220 e. The van der Waals surface area contributed by atoms with E-state index in [1.807, 2.05) is 13.3 Å². The molecular weight excluding hydrogens is 440 g/mol. The number of nitrogens with zero attached hydrogens (tertiary/aromatic N) is 4. The molecule has 1 rings (SSSR count). The Hall–Kier alpha value is -2.36. The zero-order valence-corrected chi connectivity index (χ0v) is 21.2. The molecular formula is C22H38N8O2S. The van der Waals surface area contributed by atoms with Gasteiger partial charge in [0.15, 0.2) is 5.16 Å². The molecule has 1 heterocycles. The molecule has 0 radical (unpaired) electrons. The van der Waals surface area contributed by atoms with Gasteiger partial charge in [0.2, 0.25) is 5.91 Å². The van der Waals surface area contributed by atoms with Crippen LogP contribution in [-0.2, 0) is 9.63 Å².